The number of carbonyl (C=O) groups excluding carboxylic acids is 1. The van der Waals surface area contributed by atoms with Crippen LogP contribution in [0.2, 0.25) is 0 Å². The number of benzene rings is 1. The highest BCUT2D eigenvalue weighted by atomic mass is 19.1. The van der Waals surface area contributed by atoms with Crippen molar-refractivity contribution in [2.75, 3.05) is 20.1 Å². The normalized spacial score (nSPS) is 21.4. The number of ketones is 1. The zero-order chi connectivity index (χ0) is 16.0. The summed E-state index contributed by atoms with van der Waals surface area (Å²) in [7, 11) is 2.15. The predicted octanol–water partition coefficient (Wildman–Crippen LogP) is 3.63. The zero-order valence-electron chi connectivity index (χ0n) is 13.1. The van der Waals surface area contributed by atoms with Gasteiger partial charge >= 0.3 is 0 Å². The number of rotatable bonds is 2. The summed E-state index contributed by atoms with van der Waals surface area (Å²) in [5.74, 6) is 0.195. The fourth-order valence-electron chi connectivity index (χ4n) is 3.61. The molecule has 4 rings (SSSR count). The van der Waals surface area contributed by atoms with E-state index in [0.29, 0.717) is 18.0 Å². The highest BCUT2D eigenvalue weighted by Gasteiger charge is 2.23. The average molecular weight is 310 g/mol. The molecule has 0 spiro atoms. The van der Waals surface area contributed by atoms with Crippen molar-refractivity contribution in [3.8, 4) is 0 Å². The van der Waals surface area contributed by atoms with Crippen LogP contribution in [0.15, 0.2) is 36.5 Å². The molecular weight excluding hydrogens is 291 g/mol. The molecule has 0 aliphatic carbocycles. The van der Waals surface area contributed by atoms with Crippen LogP contribution in [0.3, 0.4) is 0 Å². The predicted molar refractivity (Wildman–Crippen MR) is 88.8 cm³/mol. The Morgan fingerprint density at radius 1 is 1.22 bits per heavy atom. The molecule has 1 fully saturated rings. The molecule has 118 valence electrons. The lowest BCUT2D eigenvalue weighted by Gasteiger charge is -2.16. The van der Waals surface area contributed by atoms with Crippen molar-refractivity contribution in [1.82, 2.24) is 9.47 Å². The second-order valence-corrected chi connectivity index (χ2v) is 6.57. The Balaban J connectivity index is 1.61. The van der Waals surface area contributed by atoms with Gasteiger partial charge in [-0.2, -0.15) is 0 Å². The van der Waals surface area contributed by atoms with Crippen LogP contribution in [-0.2, 0) is 0 Å². The molecule has 1 unspecified atom stereocenters. The number of aromatic nitrogens is 1. The molecule has 0 bridgehead atoms. The number of likely N-dealkylation sites (tertiary alicyclic amines) is 1. The Kier molecular flexibility index (Phi) is 3.42. The minimum atomic E-state index is -0.369. The van der Waals surface area contributed by atoms with Gasteiger partial charge in [0.25, 0.3) is 0 Å². The summed E-state index contributed by atoms with van der Waals surface area (Å²) in [6.07, 6.45) is 4.74. The molecule has 0 amide bonds. The van der Waals surface area contributed by atoms with Gasteiger partial charge in [0.1, 0.15) is 5.82 Å². The lowest BCUT2D eigenvalue weighted by molar-refractivity contribution is 0.0990. The molecule has 1 aromatic heterocycles. The fourth-order valence-corrected chi connectivity index (χ4v) is 3.61. The third-order valence-corrected chi connectivity index (χ3v) is 4.89. The number of fused-ring (bicyclic) bond motifs is 1. The van der Waals surface area contributed by atoms with E-state index in [1.54, 1.807) is 4.57 Å². The molecule has 1 aromatic carbocycles. The van der Waals surface area contributed by atoms with Gasteiger partial charge in [-0.1, -0.05) is 24.3 Å². The smallest absolute Gasteiger partial charge is 0.184 e. The summed E-state index contributed by atoms with van der Waals surface area (Å²) in [5.41, 5.74) is 3.76. The van der Waals surface area contributed by atoms with E-state index in [9.17, 15) is 9.18 Å². The van der Waals surface area contributed by atoms with Crippen molar-refractivity contribution in [3.05, 3.63) is 59.2 Å². The molecule has 0 radical (unpaired) electrons. The topological polar surface area (TPSA) is 25.2 Å². The minimum Gasteiger partial charge on any atom is -0.317 e. The number of hydrogen-bond donors (Lipinski definition) is 0. The number of nitrogens with zero attached hydrogens (tertiary/aromatic N) is 2. The molecule has 1 saturated heterocycles. The lowest BCUT2D eigenvalue weighted by Crippen LogP contribution is -2.13. The summed E-state index contributed by atoms with van der Waals surface area (Å²) in [6, 6.07) is 9.79. The van der Waals surface area contributed by atoms with Crippen molar-refractivity contribution < 1.29 is 9.18 Å². The van der Waals surface area contributed by atoms with Gasteiger partial charge in [-0.25, -0.2) is 4.39 Å². The first kappa shape index (κ1) is 14.4. The second-order valence-electron chi connectivity index (χ2n) is 6.57. The van der Waals surface area contributed by atoms with Crippen LogP contribution in [0.4, 0.5) is 4.39 Å². The number of allylic oxidation sites excluding steroid dienone is 1. The van der Waals surface area contributed by atoms with Gasteiger partial charge in [0, 0.05) is 31.4 Å². The second kappa shape index (κ2) is 5.46. The van der Waals surface area contributed by atoms with E-state index in [1.165, 1.54) is 24.2 Å². The van der Waals surface area contributed by atoms with Crippen LogP contribution in [0.5, 0.6) is 0 Å². The van der Waals surface area contributed by atoms with Crippen LogP contribution in [0.25, 0.3) is 11.8 Å². The molecule has 0 N–H and O–H groups in total. The van der Waals surface area contributed by atoms with Gasteiger partial charge in [0.2, 0.25) is 0 Å². The summed E-state index contributed by atoms with van der Waals surface area (Å²) < 4.78 is 14.9. The first-order valence-corrected chi connectivity index (χ1v) is 8.00. The Hall–Kier alpha value is -2.20. The van der Waals surface area contributed by atoms with Crippen molar-refractivity contribution in [3.63, 3.8) is 0 Å². The highest BCUT2D eigenvalue weighted by Crippen LogP contribution is 2.30. The molecule has 0 saturated carbocycles. The fraction of sp³-hybridized carbons (Fsp3) is 0.316. The number of Topliss-reactive ketones (excluding diaryl/α,β-unsaturated/α-hetero) is 1. The van der Waals surface area contributed by atoms with Gasteiger partial charge in [-0.05, 0) is 42.6 Å². The molecule has 2 aromatic rings. The Bertz CT molecular complexity index is 788. The first-order valence-electron chi connectivity index (χ1n) is 8.00. The quantitative estimate of drug-likeness (QED) is 0.846. The maximum Gasteiger partial charge on any atom is 0.184 e. The van der Waals surface area contributed by atoms with E-state index in [-0.39, 0.29) is 11.6 Å². The summed E-state index contributed by atoms with van der Waals surface area (Å²) in [4.78, 5) is 14.5. The molecule has 23 heavy (non-hydrogen) atoms. The first-order chi connectivity index (χ1) is 11.1. The van der Waals surface area contributed by atoms with Gasteiger partial charge in [-0.15, -0.1) is 0 Å². The molecule has 3 heterocycles. The van der Waals surface area contributed by atoms with E-state index < -0.39 is 0 Å². The molecule has 3 nitrogen and oxygen atoms in total. The average Bonchev–Trinajstić information content (AvgIpc) is 3.13. The van der Waals surface area contributed by atoms with Crippen molar-refractivity contribution >= 4 is 17.6 Å². The van der Waals surface area contributed by atoms with Gasteiger partial charge in [0.05, 0.1) is 5.69 Å². The molecule has 2 aliphatic heterocycles. The van der Waals surface area contributed by atoms with Gasteiger partial charge < -0.3 is 9.47 Å². The standard InChI is InChI=1S/C19H19FN2O/c1-21-7-6-15(10-21)13-2-4-14(5-3-13)16-8-19(23)18-9-17(20)12-22(18)11-16/h2-5,9,11-12,15H,6-8,10H2,1H3. The number of hydrogen-bond acceptors (Lipinski definition) is 2. The minimum absolute atomic E-state index is 0.0344. The largest absolute Gasteiger partial charge is 0.317 e. The van der Waals surface area contributed by atoms with Gasteiger partial charge in [0.15, 0.2) is 5.78 Å². The van der Waals surface area contributed by atoms with E-state index >= 15 is 0 Å². The monoisotopic (exact) mass is 310 g/mol. The van der Waals surface area contributed by atoms with Crippen LogP contribution in [0.1, 0.15) is 40.4 Å². The van der Waals surface area contributed by atoms with Gasteiger partial charge in [-0.3, -0.25) is 4.79 Å². The van der Waals surface area contributed by atoms with Crippen molar-refractivity contribution in [2.45, 2.75) is 18.8 Å². The molecule has 1 atom stereocenters. The Morgan fingerprint density at radius 2 is 2.00 bits per heavy atom. The number of halogens is 1. The number of carbonyl (C=O) groups is 1. The highest BCUT2D eigenvalue weighted by molar-refractivity contribution is 6.06. The maximum atomic E-state index is 13.3. The van der Waals surface area contributed by atoms with Crippen molar-refractivity contribution in [2.24, 2.45) is 0 Å². The van der Waals surface area contributed by atoms with Crippen LogP contribution < -0.4 is 0 Å². The summed E-state index contributed by atoms with van der Waals surface area (Å²) in [6.45, 7) is 2.25. The molecule has 2 aliphatic rings. The summed E-state index contributed by atoms with van der Waals surface area (Å²) >= 11 is 0. The SMILES string of the molecule is CN1CCC(c2ccc(C3=Cn4cc(F)cc4C(=O)C3)cc2)C1. The third-order valence-electron chi connectivity index (χ3n) is 4.89. The van der Waals surface area contributed by atoms with Crippen LogP contribution in [-0.4, -0.2) is 35.4 Å². The Morgan fingerprint density at radius 3 is 2.70 bits per heavy atom. The molecule has 4 heteroatoms. The maximum absolute atomic E-state index is 13.3. The van der Waals surface area contributed by atoms with Crippen LogP contribution in [0, 0.1) is 5.82 Å². The van der Waals surface area contributed by atoms with E-state index in [2.05, 4.69) is 36.2 Å². The Labute approximate surface area is 135 Å². The third kappa shape index (κ3) is 2.63. The van der Waals surface area contributed by atoms with E-state index in [0.717, 1.165) is 24.2 Å². The summed E-state index contributed by atoms with van der Waals surface area (Å²) in [5, 5.41) is 0. The van der Waals surface area contributed by atoms with Crippen LogP contribution >= 0.6 is 0 Å². The number of likely N-dealkylation sites (N-methyl/N-ethyl adjacent to an activating group) is 1. The zero-order valence-corrected chi connectivity index (χ0v) is 13.1. The van der Waals surface area contributed by atoms with Crippen molar-refractivity contribution in [1.29, 1.82) is 0 Å². The van der Waals surface area contributed by atoms with E-state index in [4.69, 9.17) is 0 Å². The van der Waals surface area contributed by atoms with E-state index in [1.807, 2.05) is 6.20 Å². The lowest BCUT2D eigenvalue weighted by atomic mass is 9.93. The molecular formula is C19H19FN2O.